The largest absolute Gasteiger partial charge is 0.393 e. The summed E-state index contributed by atoms with van der Waals surface area (Å²) in [6.45, 7) is 5.13. The van der Waals surface area contributed by atoms with Gasteiger partial charge in [0, 0.05) is 0 Å². The van der Waals surface area contributed by atoms with Gasteiger partial charge in [0.05, 0.1) is 6.10 Å². The van der Waals surface area contributed by atoms with Gasteiger partial charge < -0.3 is 10.8 Å². The fourth-order valence-electron chi connectivity index (χ4n) is 1.96. The highest BCUT2D eigenvalue weighted by molar-refractivity contribution is 4.84. The smallest absolute Gasteiger partial charge is 0.0580 e. The van der Waals surface area contributed by atoms with Crippen molar-refractivity contribution in [2.75, 3.05) is 6.54 Å². The van der Waals surface area contributed by atoms with Crippen LogP contribution in [-0.4, -0.2) is 17.8 Å². The average molecular weight is 157 g/mol. The Labute approximate surface area is 68.8 Å². The number of aliphatic hydroxyl groups excluding tert-OH is 1. The highest BCUT2D eigenvalue weighted by Gasteiger charge is 2.32. The minimum absolute atomic E-state index is 0.145. The normalized spacial score (nSPS) is 37.1. The lowest BCUT2D eigenvalue weighted by Crippen LogP contribution is -2.37. The van der Waals surface area contributed by atoms with Crippen LogP contribution < -0.4 is 5.73 Å². The molecule has 0 saturated heterocycles. The molecule has 1 fully saturated rings. The van der Waals surface area contributed by atoms with Crippen LogP contribution in [0.2, 0.25) is 0 Å². The van der Waals surface area contributed by atoms with E-state index in [1.807, 2.05) is 0 Å². The van der Waals surface area contributed by atoms with E-state index in [2.05, 4.69) is 13.8 Å². The third-order valence-corrected chi connectivity index (χ3v) is 2.78. The van der Waals surface area contributed by atoms with Crippen LogP contribution >= 0.6 is 0 Å². The molecule has 0 aromatic heterocycles. The quantitative estimate of drug-likeness (QED) is 0.599. The lowest BCUT2D eigenvalue weighted by atomic mass is 9.71. The van der Waals surface area contributed by atoms with Crippen LogP contribution in [0, 0.1) is 11.3 Å². The lowest BCUT2D eigenvalue weighted by Gasteiger charge is -2.37. The minimum Gasteiger partial charge on any atom is -0.393 e. The molecule has 0 radical (unpaired) electrons. The lowest BCUT2D eigenvalue weighted by molar-refractivity contribution is 0.0259. The van der Waals surface area contributed by atoms with Gasteiger partial charge in [-0.2, -0.15) is 0 Å². The van der Waals surface area contributed by atoms with E-state index >= 15 is 0 Å². The highest BCUT2D eigenvalue weighted by Crippen LogP contribution is 2.38. The SMILES string of the molecule is CC1(C)CCC(O)C(CN)C1. The summed E-state index contributed by atoms with van der Waals surface area (Å²) in [5.74, 6) is 0.332. The van der Waals surface area contributed by atoms with Crippen molar-refractivity contribution in [2.24, 2.45) is 17.1 Å². The van der Waals surface area contributed by atoms with Crippen LogP contribution in [0.3, 0.4) is 0 Å². The molecule has 0 aliphatic heterocycles. The van der Waals surface area contributed by atoms with Crippen molar-refractivity contribution in [3.8, 4) is 0 Å². The third-order valence-electron chi connectivity index (χ3n) is 2.78. The molecule has 1 saturated carbocycles. The second kappa shape index (κ2) is 3.11. The van der Waals surface area contributed by atoms with Crippen LogP contribution in [0.4, 0.5) is 0 Å². The molecule has 0 aromatic rings. The van der Waals surface area contributed by atoms with E-state index < -0.39 is 0 Å². The zero-order valence-corrected chi connectivity index (χ0v) is 7.51. The van der Waals surface area contributed by atoms with Crippen molar-refractivity contribution in [3.63, 3.8) is 0 Å². The zero-order valence-electron chi connectivity index (χ0n) is 7.51. The average Bonchev–Trinajstić information content (AvgIpc) is 1.94. The predicted molar refractivity (Wildman–Crippen MR) is 46.2 cm³/mol. The van der Waals surface area contributed by atoms with Crippen LogP contribution in [0.15, 0.2) is 0 Å². The summed E-state index contributed by atoms with van der Waals surface area (Å²) in [6.07, 6.45) is 2.98. The van der Waals surface area contributed by atoms with Gasteiger partial charge in [-0.1, -0.05) is 13.8 Å². The summed E-state index contributed by atoms with van der Waals surface area (Å²) in [5, 5.41) is 9.52. The maximum absolute atomic E-state index is 9.52. The maximum Gasteiger partial charge on any atom is 0.0580 e. The first kappa shape index (κ1) is 9.01. The van der Waals surface area contributed by atoms with Crippen LogP contribution in [0.5, 0.6) is 0 Å². The molecule has 2 nitrogen and oxygen atoms in total. The van der Waals surface area contributed by atoms with E-state index in [1.54, 1.807) is 0 Å². The Kier molecular flexibility index (Phi) is 2.55. The van der Waals surface area contributed by atoms with Crippen molar-refractivity contribution >= 4 is 0 Å². The number of nitrogens with two attached hydrogens (primary N) is 1. The monoisotopic (exact) mass is 157 g/mol. The summed E-state index contributed by atoms with van der Waals surface area (Å²) < 4.78 is 0. The van der Waals surface area contributed by atoms with Crippen molar-refractivity contribution in [3.05, 3.63) is 0 Å². The van der Waals surface area contributed by atoms with Gasteiger partial charge in [-0.3, -0.25) is 0 Å². The molecular formula is C9H19NO. The van der Waals surface area contributed by atoms with Crippen molar-refractivity contribution in [1.29, 1.82) is 0 Å². The van der Waals surface area contributed by atoms with Gasteiger partial charge in [-0.05, 0) is 37.1 Å². The number of rotatable bonds is 1. The van der Waals surface area contributed by atoms with E-state index in [0.717, 1.165) is 19.3 Å². The van der Waals surface area contributed by atoms with Gasteiger partial charge in [0.2, 0.25) is 0 Å². The Morgan fingerprint density at radius 3 is 2.64 bits per heavy atom. The Bertz CT molecular complexity index is 134. The Morgan fingerprint density at radius 1 is 1.55 bits per heavy atom. The first-order chi connectivity index (χ1) is 5.05. The van der Waals surface area contributed by atoms with E-state index in [4.69, 9.17) is 5.73 Å². The third kappa shape index (κ3) is 2.17. The number of aliphatic hydroxyl groups is 1. The fraction of sp³-hybridized carbons (Fsp3) is 1.00. The van der Waals surface area contributed by atoms with Gasteiger partial charge in [0.25, 0.3) is 0 Å². The molecule has 66 valence electrons. The van der Waals surface area contributed by atoms with Crippen LogP contribution in [0.25, 0.3) is 0 Å². The zero-order chi connectivity index (χ0) is 8.48. The molecular weight excluding hydrogens is 138 g/mol. The Morgan fingerprint density at radius 2 is 2.18 bits per heavy atom. The molecule has 2 heteroatoms. The van der Waals surface area contributed by atoms with Crippen molar-refractivity contribution in [2.45, 2.75) is 39.2 Å². The van der Waals surface area contributed by atoms with E-state index in [-0.39, 0.29) is 6.10 Å². The highest BCUT2D eigenvalue weighted by atomic mass is 16.3. The van der Waals surface area contributed by atoms with Crippen LogP contribution in [-0.2, 0) is 0 Å². The molecule has 3 N–H and O–H groups in total. The second-order valence-electron chi connectivity index (χ2n) is 4.47. The van der Waals surface area contributed by atoms with Crippen molar-refractivity contribution < 1.29 is 5.11 Å². The topological polar surface area (TPSA) is 46.2 Å². The summed E-state index contributed by atoms with van der Waals surface area (Å²) in [5.41, 5.74) is 5.95. The molecule has 2 atom stereocenters. The summed E-state index contributed by atoms with van der Waals surface area (Å²) in [7, 11) is 0. The van der Waals surface area contributed by atoms with E-state index in [1.165, 1.54) is 0 Å². The number of hydrogen-bond donors (Lipinski definition) is 2. The first-order valence-electron chi connectivity index (χ1n) is 4.43. The standard InChI is InChI=1S/C9H19NO/c1-9(2)4-3-8(11)7(5-9)6-10/h7-8,11H,3-6,10H2,1-2H3. The van der Waals surface area contributed by atoms with Crippen LogP contribution in [0.1, 0.15) is 33.1 Å². The van der Waals surface area contributed by atoms with E-state index in [0.29, 0.717) is 17.9 Å². The van der Waals surface area contributed by atoms with Gasteiger partial charge in [-0.15, -0.1) is 0 Å². The molecule has 1 aliphatic rings. The van der Waals surface area contributed by atoms with Crippen molar-refractivity contribution in [1.82, 2.24) is 0 Å². The molecule has 0 heterocycles. The fourth-order valence-corrected chi connectivity index (χ4v) is 1.96. The van der Waals surface area contributed by atoms with Gasteiger partial charge in [-0.25, -0.2) is 0 Å². The predicted octanol–water partition coefficient (Wildman–Crippen LogP) is 1.13. The maximum atomic E-state index is 9.52. The van der Waals surface area contributed by atoms with Gasteiger partial charge in [0.15, 0.2) is 0 Å². The molecule has 1 aliphatic carbocycles. The Balaban J connectivity index is 2.51. The summed E-state index contributed by atoms with van der Waals surface area (Å²) in [4.78, 5) is 0. The molecule has 11 heavy (non-hydrogen) atoms. The first-order valence-corrected chi connectivity index (χ1v) is 4.43. The molecule has 0 spiro atoms. The summed E-state index contributed by atoms with van der Waals surface area (Å²) in [6, 6.07) is 0. The molecule has 0 bridgehead atoms. The summed E-state index contributed by atoms with van der Waals surface area (Å²) >= 11 is 0. The Hall–Kier alpha value is -0.0800. The van der Waals surface area contributed by atoms with Gasteiger partial charge >= 0.3 is 0 Å². The second-order valence-corrected chi connectivity index (χ2v) is 4.47. The number of hydrogen-bond acceptors (Lipinski definition) is 2. The van der Waals surface area contributed by atoms with E-state index in [9.17, 15) is 5.11 Å². The molecule has 1 rings (SSSR count). The molecule has 0 amide bonds. The molecule has 0 aromatic carbocycles. The minimum atomic E-state index is -0.145. The van der Waals surface area contributed by atoms with Gasteiger partial charge in [0.1, 0.15) is 0 Å². The molecule has 2 unspecified atom stereocenters.